The van der Waals surface area contributed by atoms with E-state index in [9.17, 15) is 5.11 Å². The van der Waals surface area contributed by atoms with Crippen molar-refractivity contribution in [3.05, 3.63) is 0 Å². The molecule has 0 amide bonds. The molecule has 0 aromatic heterocycles. The zero-order chi connectivity index (χ0) is 10.2. The Labute approximate surface area is 85.8 Å². The predicted octanol–water partition coefficient (Wildman–Crippen LogP) is 0.772. The van der Waals surface area contributed by atoms with Gasteiger partial charge in [0.25, 0.3) is 0 Å². The highest BCUT2D eigenvalue weighted by Crippen LogP contribution is 2.51. The summed E-state index contributed by atoms with van der Waals surface area (Å²) in [5.41, 5.74) is 0.516. The fourth-order valence-electron chi connectivity index (χ4n) is 2.19. The monoisotopic (exact) mass is 199 g/mol. The van der Waals surface area contributed by atoms with Crippen LogP contribution in [0.1, 0.15) is 26.7 Å². The van der Waals surface area contributed by atoms with Crippen molar-refractivity contribution in [1.29, 1.82) is 0 Å². The van der Waals surface area contributed by atoms with Crippen LogP contribution in [0.25, 0.3) is 0 Å². The van der Waals surface area contributed by atoms with Gasteiger partial charge in [-0.2, -0.15) is 0 Å². The van der Waals surface area contributed by atoms with Gasteiger partial charge in [-0.25, -0.2) is 0 Å². The quantitative estimate of drug-likeness (QED) is 0.703. The maximum absolute atomic E-state index is 9.56. The second kappa shape index (κ2) is 3.80. The third kappa shape index (κ3) is 1.95. The first-order chi connectivity index (χ1) is 6.64. The lowest BCUT2D eigenvalue weighted by Crippen LogP contribution is -2.42. The number of hydrogen-bond donors (Lipinski definition) is 2. The Bertz CT molecular complexity index is 201. The van der Waals surface area contributed by atoms with Gasteiger partial charge in [0.05, 0.1) is 25.4 Å². The van der Waals surface area contributed by atoms with E-state index in [2.05, 4.69) is 19.2 Å². The van der Waals surface area contributed by atoms with Crippen molar-refractivity contribution in [3.8, 4) is 0 Å². The Kier molecular flexibility index (Phi) is 2.82. The first-order valence-electron chi connectivity index (χ1n) is 5.63. The summed E-state index contributed by atoms with van der Waals surface area (Å²) in [6, 6.07) is 0.159. The molecule has 1 saturated carbocycles. The van der Waals surface area contributed by atoms with Crippen molar-refractivity contribution in [1.82, 2.24) is 5.32 Å². The Morgan fingerprint density at radius 1 is 1.43 bits per heavy atom. The zero-order valence-corrected chi connectivity index (χ0v) is 9.12. The summed E-state index contributed by atoms with van der Waals surface area (Å²) in [7, 11) is 0. The SMILES string of the molecule is CC(C)C1(CNC2COCC2O)CC1. The van der Waals surface area contributed by atoms with E-state index in [4.69, 9.17) is 4.74 Å². The van der Waals surface area contributed by atoms with Crippen LogP contribution in [0.3, 0.4) is 0 Å². The largest absolute Gasteiger partial charge is 0.389 e. The Balaban J connectivity index is 1.77. The van der Waals surface area contributed by atoms with Crippen LogP contribution in [0.15, 0.2) is 0 Å². The van der Waals surface area contributed by atoms with E-state index in [1.165, 1.54) is 12.8 Å². The predicted molar refractivity (Wildman–Crippen MR) is 55.1 cm³/mol. The topological polar surface area (TPSA) is 41.5 Å². The fraction of sp³-hybridized carbons (Fsp3) is 1.00. The van der Waals surface area contributed by atoms with Gasteiger partial charge >= 0.3 is 0 Å². The lowest BCUT2D eigenvalue weighted by molar-refractivity contribution is 0.121. The first kappa shape index (κ1) is 10.4. The highest BCUT2D eigenvalue weighted by Gasteiger charge is 2.45. The lowest BCUT2D eigenvalue weighted by atomic mass is 9.92. The molecule has 0 aromatic carbocycles. The zero-order valence-electron chi connectivity index (χ0n) is 9.12. The number of ether oxygens (including phenoxy) is 1. The van der Waals surface area contributed by atoms with Crippen molar-refractivity contribution in [2.24, 2.45) is 11.3 Å². The molecule has 14 heavy (non-hydrogen) atoms. The molecule has 1 aliphatic heterocycles. The normalized spacial score (nSPS) is 35.1. The number of nitrogens with one attached hydrogen (secondary N) is 1. The minimum Gasteiger partial charge on any atom is -0.389 e. The van der Waals surface area contributed by atoms with Crippen LogP contribution in [-0.4, -0.2) is 37.0 Å². The highest BCUT2D eigenvalue weighted by molar-refractivity contribution is 4.98. The van der Waals surface area contributed by atoms with Crippen molar-refractivity contribution < 1.29 is 9.84 Å². The molecule has 82 valence electrons. The smallest absolute Gasteiger partial charge is 0.0948 e. The van der Waals surface area contributed by atoms with E-state index >= 15 is 0 Å². The standard InChI is InChI=1S/C11H21NO2/c1-8(2)11(3-4-11)7-12-9-5-14-6-10(9)13/h8-10,12-13H,3-7H2,1-2H3. The summed E-state index contributed by atoms with van der Waals surface area (Å²) in [4.78, 5) is 0. The first-order valence-corrected chi connectivity index (χ1v) is 5.63. The van der Waals surface area contributed by atoms with Crippen LogP contribution in [0.4, 0.5) is 0 Å². The van der Waals surface area contributed by atoms with Crippen LogP contribution >= 0.6 is 0 Å². The molecule has 2 fully saturated rings. The molecule has 2 unspecified atom stereocenters. The molecular weight excluding hydrogens is 178 g/mol. The average Bonchev–Trinajstić information content (AvgIpc) is 2.83. The minimum atomic E-state index is -0.307. The van der Waals surface area contributed by atoms with Crippen molar-refractivity contribution in [2.75, 3.05) is 19.8 Å². The third-order valence-electron chi connectivity index (χ3n) is 3.88. The average molecular weight is 199 g/mol. The van der Waals surface area contributed by atoms with Crippen molar-refractivity contribution >= 4 is 0 Å². The van der Waals surface area contributed by atoms with Crippen molar-refractivity contribution in [3.63, 3.8) is 0 Å². The molecule has 2 rings (SSSR count). The summed E-state index contributed by atoms with van der Waals surface area (Å²) in [6.07, 6.45) is 2.36. The fourth-order valence-corrected chi connectivity index (χ4v) is 2.19. The van der Waals surface area contributed by atoms with E-state index in [1.807, 2.05) is 0 Å². The molecule has 2 aliphatic rings. The van der Waals surface area contributed by atoms with Crippen LogP contribution in [-0.2, 0) is 4.74 Å². The molecule has 2 N–H and O–H groups in total. The Morgan fingerprint density at radius 2 is 2.14 bits per heavy atom. The molecule has 0 aromatic rings. The summed E-state index contributed by atoms with van der Waals surface area (Å²) >= 11 is 0. The molecule has 1 heterocycles. The Hall–Kier alpha value is -0.120. The lowest BCUT2D eigenvalue weighted by Gasteiger charge is -2.23. The number of aliphatic hydroxyl groups excluding tert-OH is 1. The maximum atomic E-state index is 9.56. The summed E-state index contributed by atoms with van der Waals surface area (Å²) in [6.45, 7) is 6.77. The number of hydrogen-bond acceptors (Lipinski definition) is 3. The van der Waals surface area contributed by atoms with E-state index in [0.29, 0.717) is 18.6 Å². The van der Waals surface area contributed by atoms with Gasteiger partial charge in [-0.1, -0.05) is 13.8 Å². The van der Waals surface area contributed by atoms with Gasteiger partial charge in [0.1, 0.15) is 0 Å². The molecule has 3 heteroatoms. The molecule has 3 nitrogen and oxygen atoms in total. The molecule has 0 bridgehead atoms. The van der Waals surface area contributed by atoms with Gasteiger partial charge in [-0.15, -0.1) is 0 Å². The van der Waals surface area contributed by atoms with E-state index < -0.39 is 0 Å². The van der Waals surface area contributed by atoms with Crippen LogP contribution in [0.2, 0.25) is 0 Å². The summed E-state index contributed by atoms with van der Waals surface area (Å²) in [5.74, 6) is 0.745. The number of rotatable bonds is 4. The second-order valence-corrected chi connectivity index (χ2v) is 5.11. The molecule has 0 spiro atoms. The van der Waals surface area contributed by atoms with Crippen LogP contribution in [0, 0.1) is 11.3 Å². The van der Waals surface area contributed by atoms with Gasteiger partial charge in [0.15, 0.2) is 0 Å². The molecule has 1 aliphatic carbocycles. The highest BCUT2D eigenvalue weighted by atomic mass is 16.5. The molecule has 0 radical (unpaired) electrons. The van der Waals surface area contributed by atoms with Crippen LogP contribution < -0.4 is 5.32 Å². The molecular formula is C11H21NO2. The van der Waals surface area contributed by atoms with Crippen LogP contribution in [0.5, 0.6) is 0 Å². The van der Waals surface area contributed by atoms with Gasteiger partial charge in [-0.05, 0) is 24.2 Å². The number of aliphatic hydroxyl groups is 1. The molecule has 1 saturated heterocycles. The molecule has 2 atom stereocenters. The van der Waals surface area contributed by atoms with E-state index in [-0.39, 0.29) is 12.1 Å². The van der Waals surface area contributed by atoms with Gasteiger partial charge < -0.3 is 15.2 Å². The Morgan fingerprint density at radius 3 is 2.57 bits per heavy atom. The summed E-state index contributed by atoms with van der Waals surface area (Å²) in [5, 5.41) is 13.0. The maximum Gasteiger partial charge on any atom is 0.0948 e. The van der Waals surface area contributed by atoms with E-state index in [0.717, 1.165) is 12.5 Å². The van der Waals surface area contributed by atoms with E-state index in [1.54, 1.807) is 0 Å². The van der Waals surface area contributed by atoms with Gasteiger partial charge in [0, 0.05) is 6.54 Å². The second-order valence-electron chi connectivity index (χ2n) is 5.11. The van der Waals surface area contributed by atoms with Crippen molar-refractivity contribution in [2.45, 2.75) is 38.8 Å². The van der Waals surface area contributed by atoms with Gasteiger partial charge in [-0.3, -0.25) is 0 Å². The van der Waals surface area contributed by atoms with Gasteiger partial charge in [0.2, 0.25) is 0 Å². The minimum absolute atomic E-state index is 0.159. The summed E-state index contributed by atoms with van der Waals surface area (Å²) < 4.78 is 5.20. The third-order valence-corrected chi connectivity index (χ3v) is 3.88.